The Morgan fingerprint density at radius 3 is 1.53 bits per heavy atom. The van der Waals surface area contributed by atoms with Crippen molar-refractivity contribution in [1.82, 2.24) is 0 Å². The van der Waals surface area contributed by atoms with Gasteiger partial charge >= 0.3 is 0 Å². The molecule has 1 unspecified atom stereocenters. The van der Waals surface area contributed by atoms with E-state index >= 15 is 0 Å². The lowest BCUT2D eigenvalue weighted by atomic mass is 9.87. The normalized spacial score (nSPS) is 11.9. The van der Waals surface area contributed by atoms with Crippen molar-refractivity contribution in [3.8, 4) is 11.5 Å². The van der Waals surface area contributed by atoms with Crippen LogP contribution < -0.4 is 0 Å². The van der Waals surface area contributed by atoms with Gasteiger partial charge in [-0.25, -0.2) is 0 Å². The van der Waals surface area contributed by atoms with Crippen molar-refractivity contribution in [3.63, 3.8) is 0 Å². The van der Waals surface area contributed by atoms with E-state index in [1.54, 1.807) is 12.1 Å². The molecule has 0 aliphatic heterocycles. The summed E-state index contributed by atoms with van der Waals surface area (Å²) in [5, 5.41) is 20.7. The van der Waals surface area contributed by atoms with Gasteiger partial charge < -0.3 is 10.2 Å². The number of aromatic hydroxyl groups is 2. The van der Waals surface area contributed by atoms with Gasteiger partial charge in [0.05, 0.1) is 0 Å². The molecule has 0 saturated carbocycles. The third-order valence-corrected chi connectivity index (χ3v) is 5.66. The number of hydrogen-bond acceptors (Lipinski definition) is 2. The number of rotatable bonds is 6. The van der Waals surface area contributed by atoms with E-state index in [0.29, 0.717) is 18.6 Å². The molecule has 0 fully saturated rings. The summed E-state index contributed by atoms with van der Waals surface area (Å²) in [5.74, 6) is 0.797. The van der Waals surface area contributed by atoms with Crippen molar-refractivity contribution >= 4 is 0 Å². The molecule has 0 heterocycles. The van der Waals surface area contributed by atoms with Crippen molar-refractivity contribution in [2.75, 3.05) is 0 Å². The maximum Gasteiger partial charge on any atom is 0.122 e. The molecule has 4 rings (SSSR count). The molecule has 0 aliphatic rings. The molecule has 1 atom stereocenters. The summed E-state index contributed by atoms with van der Waals surface area (Å²) >= 11 is 0. The first kappa shape index (κ1) is 19.8. The molecule has 2 N–H and O–H groups in total. The molecular formula is C28H26O2. The number of hydrogen-bond donors (Lipinski definition) is 2. The SMILES string of the molecule is CC(c1ccc(O)cc1)c1cc(Cc2ccccc2)c(O)c(Cc2ccccc2)c1. The molecule has 0 aromatic heterocycles. The van der Waals surface area contributed by atoms with Gasteiger partial charge in [-0.05, 0) is 45.5 Å². The summed E-state index contributed by atoms with van der Waals surface area (Å²) in [4.78, 5) is 0. The second-order valence-electron chi connectivity index (χ2n) is 7.83. The Morgan fingerprint density at radius 1 is 0.600 bits per heavy atom. The molecule has 4 aromatic carbocycles. The summed E-state index contributed by atoms with van der Waals surface area (Å²) in [6.45, 7) is 2.16. The molecule has 150 valence electrons. The summed E-state index contributed by atoms with van der Waals surface area (Å²) < 4.78 is 0. The Hall–Kier alpha value is -3.52. The molecular weight excluding hydrogens is 368 g/mol. The molecule has 0 bridgehead atoms. The van der Waals surface area contributed by atoms with E-state index in [4.69, 9.17) is 0 Å². The van der Waals surface area contributed by atoms with E-state index in [1.807, 2.05) is 48.5 Å². The van der Waals surface area contributed by atoms with Crippen LogP contribution in [0, 0.1) is 0 Å². The van der Waals surface area contributed by atoms with Crippen LogP contribution in [-0.4, -0.2) is 10.2 Å². The van der Waals surface area contributed by atoms with Gasteiger partial charge in [-0.3, -0.25) is 0 Å². The average Bonchev–Trinajstić information content (AvgIpc) is 2.78. The van der Waals surface area contributed by atoms with E-state index in [1.165, 1.54) is 11.1 Å². The van der Waals surface area contributed by atoms with Gasteiger partial charge in [-0.15, -0.1) is 0 Å². The second-order valence-corrected chi connectivity index (χ2v) is 7.83. The van der Waals surface area contributed by atoms with Crippen molar-refractivity contribution in [1.29, 1.82) is 0 Å². The predicted molar refractivity (Wildman–Crippen MR) is 122 cm³/mol. The first-order valence-corrected chi connectivity index (χ1v) is 10.3. The van der Waals surface area contributed by atoms with E-state index < -0.39 is 0 Å². The quantitative estimate of drug-likeness (QED) is 0.395. The smallest absolute Gasteiger partial charge is 0.122 e. The Bertz CT molecular complexity index is 1040. The van der Waals surface area contributed by atoms with E-state index in [-0.39, 0.29) is 11.7 Å². The Kier molecular flexibility index (Phi) is 5.85. The van der Waals surface area contributed by atoms with Crippen LogP contribution in [0.15, 0.2) is 97.1 Å². The summed E-state index contributed by atoms with van der Waals surface area (Å²) in [7, 11) is 0. The number of phenolic OH excluding ortho intramolecular Hbond substituents is 2. The van der Waals surface area contributed by atoms with Crippen LogP contribution in [-0.2, 0) is 12.8 Å². The van der Waals surface area contributed by atoms with Crippen molar-refractivity contribution in [2.24, 2.45) is 0 Å². The topological polar surface area (TPSA) is 40.5 Å². The lowest BCUT2D eigenvalue weighted by Crippen LogP contribution is -2.02. The van der Waals surface area contributed by atoms with Crippen LogP contribution >= 0.6 is 0 Å². The minimum atomic E-state index is 0.148. The van der Waals surface area contributed by atoms with Crippen LogP contribution in [0.5, 0.6) is 11.5 Å². The fourth-order valence-corrected chi connectivity index (χ4v) is 3.89. The highest BCUT2D eigenvalue weighted by atomic mass is 16.3. The highest BCUT2D eigenvalue weighted by Crippen LogP contribution is 2.34. The van der Waals surface area contributed by atoms with Gasteiger partial charge in [-0.2, -0.15) is 0 Å². The Labute approximate surface area is 178 Å². The first-order valence-electron chi connectivity index (χ1n) is 10.3. The summed E-state index contributed by atoms with van der Waals surface area (Å²) in [6, 6.07) is 32.1. The molecule has 0 amide bonds. The lowest BCUT2D eigenvalue weighted by Gasteiger charge is -2.18. The Morgan fingerprint density at radius 2 is 1.07 bits per heavy atom. The van der Waals surface area contributed by atoms with E-state index in [9.17, 15) is 10.2 Å². The van der Waals surface area contributed by atoms with Gasteiger partial charge in [0.25, 0.3) is 0 Å². The molecule has 30 heavy (non-hydrogen) atoms. The van der Waals surface area contributed by atoms with Crippen molar-refractivity contribution in [2.45, 2.75) is 25.7 Å². The minimum absolute atomic E-state index is 0.148. The van der Waals surface area contributed by atoms with Gasteiger partial charge in [0, 0.05) is 18.8 Å². The van der Waals surface area contributed by atoms with Gasteiger partial charge in [0.2, 0.25) is 0 Å². The summed E-state index contributed by atoms with van der Waals surface area (Å²) in [6.07, 6.45) is 1.37. The zero-order chi connectivity index (χ0) is 20.9. The molecule has 0 aliphatic carbocycles. The molecule has 4 aromatic rings. The minimum Gasteiger partial charge on any atom is -0.508 e. The van der Waals surface area contributed by atoms with Gasteiger partial charge in [-0.1, -0.05) is 91.9 Å². The lowest BCUT2D eigenvalue weighted by molar-refractivity contribution is 0.463. The van der Waals surface area contributed by atoms with Crippen molar-refractivity contribution in [3.05, 3.63) is 130 Å². The van der Waals surface area contributed by atoms with Crippen LogP contribution in [0.1, 0.15) is 46.2 Å². The molecule has 2 nitrogen and oxygen atoms in total. The maximum atomic E-state index is 11.1. The first-order chi connectivity index (χ1) is 14.6. The fourth-order valence-electron chi connectivity index (χ4n) is 3.89. The molecule has 0 spiro atoms. The molecule has 0 saturated heterocycles. The van der Waals surface area contributed by atoms with E-state index in [2.05, 4.69) is 43.3 Å². The Balaban J connectivity index is 1.75. The van der Waals surface area contributed by atoms with Gasteiger partial charge in [0.15, 0.2) is 0 Å². The molecule has 2 heteroatoms. The van der Waals surface area contributed by atoms with Crippen molar-refractivity contribution < 1.29 is 10.2 Å². The number of benzene rings is 4. The number of phenols is 2. The van der Waals surface area contributed by atoms with Crippen LogP contribution in [0.2, 0.25) is 0 Å². The summed E-state index contributed by atoms with van der Waals surface area (Å²) in [5.41, 5.74) is 6.52. The third-order valence-electron chi connectivity index (χ3n) is 5.66. The van der Waals surface area contributed by atoms with Gasteiger partial charge in [0.1, 0.15) is 11.5 Å². The largest absolute Gasteiger partial charge is 0.508 e. The van der Waals surface area contributed by atoms with Crippen LogP contribution in [0.4, 0.5) is 0 Å². The second kappa shape index (κ2) is 8.87. The highest BCUT2D eigenvalue weighted by Gasteiger charge is 2.16. The average molecular weight is 395 g/mol. The van der Waals surface area contributed by atoms with Crippen LogP contribution in [0.25, 0.3) is 0 Å². The zero-order valence-electron chi connectivity index (χ0n) is 17.1. The maximum absolute atomic E-state index is 11.1. The fraction of sp³-hybridized carbons (Fsp3) is 0.143. The standard InChI is InChI=1S/C28H26O2/c1-20(23-12-14-27(29)15-13-23)24-18-25(16-21-8-4-2-5-9-21)28(30)26(19-24)17-22-10-6-3-7-11-22/h2-15,18-20,29-30H,16-17H2,1H3. The van der Waals surface area contributed by atoms with Crippen LogP contribution in [0.3, 0.4) is 0 Å². The monoisotopic (exact) mass is 394 g/mol. The van der Waals surface area contributed by atoms with E-state index in [0.717, 1.165) is 22.3 Å². The highest BCUT2D eigenvalue weighted by molar-refractivity contribution is 5.50. The predicted octanol–water partition coefficient (Wildman–Crippen LogP) is 6.43. The third kappa shape index (κ3) is 4.55. The molecule has 0 radical (unpaired) electrons. The zero-order valence-corrected chi connectivity index (χ0v) is 17.1.